The predicted molar refractivity (Wildman–Crippen MR) is 86.0 cm³/mol. The van der Waals surface area contributed by atoms with E-state index in [-0.39, 0.29) is 0 Å². The SMILES string of the molecule is CC(O)c1ccc(C2(CC3=CC=CCC3)COC=CO2)cc1. The van der Waals surface area contributed by atoms with Gasteiger partial charge in [-0.05, 0) is 30.9 Å². The van der Waals surface area contributed by atoms with Crippen molar-refractivity contribution in [2.24, 2.45) is 0 Å². The fourth-order valence-corrected chi connectivity index (χ4v) is 2.99. The maximum absolute atomic E-state index is 9.67. The molecule has 1 aliphatic heterocycles. The van der Waals surface area contributed by atoms with E-state index < -0.39 is 11.7 Å². The van der Waals surface area contributed by atoms with Gasteiger partial charge in [-0.2, -0.15) is 0 Å². The van der Waals surface area contributed by atoms with E-state index in [1.54, 1.807) is 19.4 Å². The molecule has 0 aromatic heterocycles. The standard InChI is InChI=1S/C19H22O3/c1-15(20)17-7-9-18(10-8-17)19(14-21-11-12-22-19)13-16-5-3-2-4-6-16/h2-3,5,7-12,15,20H,4,6,13-14H2,1H3. The van der Waals surface area contributed by atoms with Crippen molar-refractivity contribution in [3.63, 3.8) is 0 Å². The molecule has 0 saturated heterocycles. The zero-order chi connectivity index (χ0) is 15.4. The molecule has 0 radical (unpaired) electrons. The molecule has 1 aliphatic carbocycles. The van der Waals surface area contributed by atoms with Crippen molar-refractivity contribution in [1.29, 1.82) is 0 Å². The van der Waals surface area contributed by atoms with Gasteiger partial charge in [-0.25, -0.2) is 0 Å². The quantitative estimate of drug-likeness (QED) is 0.908. The Morgan fingerprint density at radius 3 is 2.64 bits per heavy atom. The van der Waals surface area contributed by atoms with Gasteiger partial charge in [0.25, 0.3) is 0 Å². The Labute approximate surface area is 131 Å². The van der Waals surface area contributed by atoms with Gasteiger partial charge >= 0.3 is 0 Å². The highest BCUT2D eigenvalue weighted by Gasteiger charge is 2.37. The third-order valence-corrected chi connectivity index (χ3v) is 4.29. The maximum atomic E-state index is 9.67. The van der Waals surface area contributed by atoms with Crippen LogP contribution in [-0.4, -0.2) is 11.7 Å². The molecule has 3 rings (SSSR count). The lowest BCUT2D eigenvalue weighted by atomic mass is 9.84. The highest BCUT2D eigenvalue weighted by Crippen LogP contribution is 2.37. The summed E-state index contributed by atoms with van der Waals surface area (Å²) in [5.74, 6) is 0. The molecule has 116 valence electrons. The van der Waals surface area contributed by atoms with Gasteiger partial charge in [0.15, 0.2) is 5.60 Å². The molecule has 0 fully saturated rings. The summed E-state index contributed by atoms with van der Waals surface area (Å²) >= 11 is 0. The van der Waals surface area contributed by atoms with Crippen molar-refractivity contribution >= 4 is 0 Å². The van der Waals surface area contributed by atoms with E-state index in [9.17, 15) is 5.11 Å². The molecule has 3 nitrogen and oxygen atoms in total. The lowest BCUT2D eigenvalue weighted by Gasteiger charge is -2.36. The lowest BCUT2D eigenvalue weighted by molar-refractivity contribution is -0.0637. The zero-order valence-electron chi connectivity index (χ0n) is 12.9. The van der Waals surface area contributed by atoms with Crippen LogP contribution < -0.4 is 0 Å². The Balaban J connectivity index is 1.90. The number of hydrogen-bond donors (Lipinski definition) is 1. The molecule has 1 heterocycles. The summed E-state index contributed by atoms with van der Waals surface area (Å²) in [5.41, 5.74) is 2.88. The minimum absolute atomic E-state index is 0.459. The topological polar surface area (TPSA) is 38.7 Å². The first-order chi connectivity index (χ1) is 10.7. The van der Waals surface area contributed by atoms with Crippen LogP contribution in [0.1, 0.15) is 43.4 Å². The van der Waals surface area contributed by atoms with E-state index in [0.717, 1.165) is 30.4 Å². The predicted octanol–water partition coefficient (Wildman–Crippen LogP) is 4.12. The van der Waals surface area contributed by atoms with Gasteiger partial charge in [-0.15, -0.1) is 0 Å². The van der Waals surface area contributed by atoms with Crippen LogP contribution in [0.25, 0.3) is 0 Å². The van der Waals surface area contributed by atoms with Crippen molar-refractivity contribution in [3.05, 3.63) is 71.7 Å². The fraction of sp³-hybridized carbons (Fsp3) is 0.368. The largest absolute Gasteiger partial charge is 0.493 e. The number of benzene rings is 1. The first-order valence-corrected chi connectivity index (χ1v) is 7.77. The molecule has 0 saturated carbocycles. The second-order valence-electron chi connectivity index (χ2n) is 5.96. The van der Waals surface area contributed by atoms with Crippen molar-refractivity contribution < 1.29 is 14.6 Å². The van der Waals surface area contributed by atoms with Gasteiger partial charge < -0.3 is 14.6 Å². The second kappa shape index (κ2) is 6.41. The average Bonchev–Trinajstić information content (AvgIpc) is 2.57. The molecule has 3 heteroatoms. The monoisotopic (exact) mass is 298 g/mol. The van der Waals surface area contributed by atoms with Gasteiger partial charge in [0.05, 0.1) is 6.10 Å². The molecule has 0 spiro atoms. The number of hydrogen-bond acceptors (Lipinski definition) is 3. The lowest BCUT2D eigenvalue weighted by Crippen LogP contribution is -2.35. The van der Waals surface area contributed by atoms with Crippen molar-refractivity contribution in [2.75, 3.05) is 6.61 Å². The van der Waals surface area contributed by atoms with E-state index in [1.807, 2.05) is 24.3 Å². The van der Waals surface area contributed by atoms with Gasteiger partial charge in [0, 0.05) is 6.42 Å². The summed E-state index contributed by atoms with van der Waals surface area (Å²) in [6.45, 7) is 2.27. The van der Waals surface area contributed by atoms with Gasteiger partial charge in [0.2, 0.25) is 0 Å². The Morgan fingerprint density at radius 2 is 2.05 bits per heavy atom. The minimum atomic E-state index is -0.483. The number of allylic oxidation sites excluding steroid dienone is 3. The number of aliphatic hydroxyl groups is 1. The van der Waals surface area contributed by atoms with Crippen LogP contribution in [0.2, 0.25) is 0 Å². The normalized spacial score (nSPS) is 25.1. The summed E-state index contributed by atoms with van der Waals surface area (Å²) in [4.78, 5) is 0. The molecular weight excluding hydrogens is 276 g/mol. The van der Waals surface area contributed by atoms with E-state index in [4.69, 9.17) is 9.47 Å². The fourth-order valence-electron chi connectivity index (χ4n) is 2.99. The number of aliphatic hydroxyl groups excluding tert-OH is 1. The maximum Gasteiger partial charge on any atom is 0.171 e. The highest BCUT2D eigenvalue weighted by atomic mass is 16.6. The number of rotatable bonds is 4. The summed E-state index contributed by atoms with van der Waals surface area (Å²) in [6, 6.07) is 7.98. The smallest absolute Gasteiger partial charge is 0.171 e. The van der Waals surface area contributed by atoms with Crippen LogP contribution in [0, 0.1) is 0 Å². The minimum Gasteiger partial charge on any atom is -0.493 e. The Kier molecular flexibility index (Phi) is 4.34. The van der Waals surface area contributed by atoms with E-state index >= 15 is 0 Å². The second-order valence-corrected chi connectivity index (χ2v) is 5.96. The summed E-state index contributed by atoms with van der Waals surface area (Å²) in [5, 5.41) is 9.67. The van der Waals surface area contributed by atoms with Crippen molar-refractivity contribution in [3.8, 4) is 0 Å². The first-order valence-electron chi connectivity index (χ1n) is 7.77. The van der Waals surface area contributed by atoms with E-state index in [1.165, 1.54) is 5.57 Å². The molecule has 22 heavy (non-hydrogen) atoms. The van der Waals surface area contributed by atoms with Crippen molar-refractivity contribution in [1.82, 2.24) is 0 Å². The molecule has 0 bridgehead atoms. The van der Waals surface area contributed by atoms with Crippen LogP contribution >= 0.6 is 0 Å². The molecule has 1 N–H and O–H groups in total. The Bertz CT molecular complexity index is 596. The van der Waals surface area contributed by atoms with Crippen LogP contribution in [0.3, 0.4) is 0 Å². The van der Waals surface area contributed by atoms with Crippen molar-refractivity contribution in [2.45, 2.75) is 37.9 Å². The van der Waals surface area contributed by atoms with Crippen LogP contribution in [-0.2, 0) is 15.1 Å². The third kappa shape index (κ3) is 3.09. The van der Waals surface area contributed by atoms with E-state index in [0.29, 0.717) is 6.61 Å². The Hall–Kier alpha value is -2.00. The molecule has 1 aromatic rings. The third-order valence-electron chi connectivity index (χ3n) is 4.29. The van der Waals surface area contributed by atoms with Gasteiger partial charge in [-0.1, -0.05) is 48.1 Å². The van der Waals surface area contributed by atoms with Crippen LogP contribution in [0.15, 0.2) is 60.6 Å². The number of ether oxygens (including phenoxy) is 2. The van der Waals surface area contributed by atoms with Gasteiger partial charge in [-0.3, -0.25) is 0 Å². The molecule has 2 unspecified atom stereocenters. The Morgan fingerprint density at radius 1 is 1.23 bits per heavy atom. The summed E-state index contributed by atoms with van der Waals surface area (Å²) in [7, 11) is 0. The molecular formula is C19H22O3. The molecule has 0 amide bonds. The van der Waals surface area contributed by atoms with Crippen LogP contribution in [0.4, 0.5) is 0 Å². The summed E-state index contributed by atoms with van der Waals surface area (Å²) in [6.07, 6.45) is 12.2. The van der Waals surface area contributed by atoms with E-state index in [2.05, 4.69) is 18.2 Å². The van der Waals surface area contributed by atoms with Gasteiger partial charge in [0.1, 0.15) is 19.1 Å². The molecule has 1 aromatic carbocycles. The zero-order valence-corrected chi connectivity index (χ0v) is 12.9. The molecule has 2 atom stereocenters. The molecule has 2 aliphatic rings. The average molecular weight is 298 g/mol. The highest BCUT2D eigenvalue weighted by molar-refractivity contribution is 5.32. The first kappa shape index (κ1) is 14.9. The van der Waals surface area contributed by atoms with Crippen LogP contribution in [0.5, 0.6) is 0 Å². The summed E-state index contributed by atoms with van der Waals surface area (Å²) < 4.78 is 11.6.